The minimum atomic E-state index is -3.10. The summed E-state index contributed by atoms with van der Waals surface area (Å²) in [5.41, 5.74) is 1.06. The van der Waals surface area contributed by atoms with Crippen molar-refractivity contribution in [1.29, 1.82) is 0 Å². The van der Waals surface area contributed by atoms with Crippen LogP contribution < -0.4 is 5.32 Å². The smallest absolute Gasteiger partial charge is 0.221 e. The lowest BCUT2D eigenvalue weighted by molar-refractivity contribution is -0.121. The summed E-state index contributed by atoms with van der Waals surface area (Å²) < 4.78 is 22.3. The number of nitrogens with zero attached hydrogens (tertiary/aromatic N) is 2. The number of rotatable bonds is 8. The Bertz CT molecular complexity index is 600. The second-order valence-corrected chi connectivity index (χ2v) is 8.63. The zero-order valence-electron chi connectivity index (χ0n) is 13.8. The van der Waals surface area contributed by atoms with Gasteiger partial charge in [0.15, 0.2) is 0 Å². The summed E-state index contributed by atoms with van der Waals surface area (Å²) in [6, 6.07) is 0.0879. The molecule has 2 rings (SSSR count). The maximum atomic E-state index is 12.0. The summed E-state index contributed by atoms with van der Waals surface area (Å²) in [7, 11) is -3.10. The molecule has 1 aliphatic rings. The highest BCUT2D eigenvalue weighted by Gasteiger charge is 2.33. The summed E-state index contributed by atoms with van der Waals surface area (Å²) in [6.07, 6.45) is 6.79. The van der Waals surface area contributed by atoms with Crippen LogP contribution in [0.2, 0.25) is 0 Å². The number of hydrogen-bond donors (Lipinski definition) is 2. The number of carbonyl (C=O) groups is 1. The van der Waals surface area contributed by atoms with Crippen LogP contribution in [0, 0.1) is 5.92 Å². The first kappa shape index (κ1) is 17.9. The van der Waals surface area contributed by atoms with Crippen molar-refractivity contribution in [3.8, 4) is 0 Å². The van der Waals surface area contributed by atoms with Gasteiger partial charge in [0.1, 0.15) is 9.84 Å². The molecule has 0 bridgehead atoms. The van der Waals surface area contributed by atoms with Gasteiger partial charge in [-0.05, 0) is 12.3 Å². The van der Waals surface area contributed by atoms with E-state index in [1.807, 2.05) is 6.20 Å². The molecule has 2 atom stereocenters. The molecule has 0 unspecified atom stereocenters. The second-order valence-electron chi connectivity index (χ2n) is 6.37. The van der Waals surface area contributed by atoms with E-state index < -0.39 is 9.84 Å². The minimum absolute atomic E-state index is 0.0364. The number of nitrogens with one attached hydrogen (secondary N) is 2. The maximum Gasteiger partial charge on any atom is 0.221 e. The Kier molecular flexibility index (Phi) is 6.17. The van der Waals surface area contributed by atoms with E-state index in [1.54, 1.807) is 6.33 Å². The Labute approximate surface area is 137 Å². The molecule has 1 aromatic rings. The van der Waals surface area contributed by atoms with Crippen LogP contribution in [-0.2, 0) is 21.2 Å². The Morgan fingerprint density at radius 3 is 2.87 bits per heavy atom. The molecule has 2 heterocycles. The summed E-state index contributed by atoms with van der Waals surface area (Å²) in [5.74, 6) is 0.136. The predicted molar refractivity (Wildman–Crippen MR) is 88.5 cm³/mol. The fourth-order valence-corrected chi connectivity index (χ4v) is 3.64. The van der Waals surface area contributed by atoms with Gasteiger partial charge in [-0.3, -0.25) is 9.69 Å². The van der Waals surface area contributed by atoms with Crippen LogP contribution in [-0.4, -0.2) is 60.3 Å². The van der Waals surface area contributed by atoms with E-state index >= 15 is 0 Å². The van der Waals surface area contributed by atoms with E-state index in [2.05, 4.69) is 27.1 Å². The van der Waals surface area contributed by atoms with Crippen LogP contribution in [0.4, 0.5) is 0 Å². The normalized spacial score (nSPS) is 22.3. The van der Waals surface area contributed by atoms with Crippen LogP contribution >= 0.6 is 0 Å². The number of imidazole rings is 1. The van der Waals surface area contributed by atoms with Crippen molar-refractivity contribution in [2.45, 2.75) is 38.8 Å². The molecule has 8 heteroatoms. The zero-order valence-corrected chi connectivity index (χ0v) is 14.6. The Balaban J connectivity index is 1.88. The number of carbonyl (C=O) groups excluding carboxylic acids is 1. The van der Waals surface area contributed by atoms with E-state index in [0.29, 0.717) is 5.92 Å². The number of H-pyrrole nitrogens is 1. The summed E-state index contributed by atoms with van der Waals surface area (Å²) in [5, 5.41) is 3.03. The number of hydrogen-bond acceptors (Lipinski definition) is 5. The van der Waals surface area contributed by atoms with E-state index in [9.17, 15) is 13.2 Å². The lowest BCUT2D eigenvalue weighted by Gasteiger charge is -2.19. The first-order valence-electron chi connectivity index (χ1n) is 8.04. The van der Waals surface area contributed by atoms with Crippen LogP contribution in [0.15, 0.2) is 12.5 Å². The van der Waals surface area contributed by atoms with Crippen molar-refractivity contribution in [3.63, 3.8) is 0 Å². The van der Waals surface area contributed by atoms with E-state index in [-0.39, 0.29) is 24.1 Å². The molecule has 0 aromatic carbocycles. The van der Waals surface area contributed by atoms with Gasteiger partial charge in [-0.1, -0.05) is 13.3 Å². The van der Waals surface area contributed by atoms with Crippen LogP contribution in [0.5, 0.6) is 0 Å². The van der Waals surface area contributed by atoms with Gasteiger partial charge in [0, 0.05) is 50.2 Å². The molecular weight excluding hydrogens is 316 g/mol. The minimum Gasteiger partial charge on any atom is -0.352 e. The number of amides is 1. The number of aromatic nitrogens is 2. The Hall–Kier alpha value is -1.41. The Morgan fingerprint density at radius 1 is 1.48 bits per heavy atom. The summed E-state index contributed by atoms with van der Waals surface area (Å²) in [6.45, 7) is 4.65. The molecule has 1 saturated heterocycles. The highest BCUT2D eigenvalue weighted by Crippen LogP contribution is 2.23. The van der Waals surface area contributed by atoms with Gasteiger partial charge >= 0.3 is 0 Å². The van der Waals surface area contributed by atoms with Gasteiger partial charge in [0.25, 0.3) is 0 Å². The highest BCUT2D eigenvalue weighted by atomic mass is 32.2. The van der Waals surface area contributed by atoms with E-state index in [1.165, 1.54) is 0 Å². The third kappa shape index (κ3) is 5.95. The van der Waals surface area contributed by atoms with E-state index in [4.69, 9.17) is 0 Å². The van der Waals surface area contributed by atoms with Crippen molar-refractivity contribution in [2.24, 2.45) is 5.92 Å². The number of sulfone groups is 1. The molecule has 0 aliphatic carbocycles. The van der Waals surface area contributed by atoms with Crippen molar-refractivity contribution in [1.82, 2.24) is 20.2 Å². The van der Waals surface area contributed by atoms with E-state index in [0.717, 1.165) is 44.4 Å². The summed E-state index contributed by atoms with van der Waals surface area (Å²) >= 11 is 0. The fraction of sp³-hybridized carbons (Fsp3) is 0.733. The van der Waals surface area contributed by atoms with Crippen molar-refractivity contribution in [2.75, 3.05) is 25.1 Å². The molecule has 1 aliphatic heterocycles. The van der Waals surface area contributed by atoms with Crippen molar-refractivity contribution in [3.05, 3.63) is 18.2 Å². The van der Waals surface area contributed by atoms with Gasteiger partial charge in [0.05, 0.1) is 12.1 Å². The molecule has 2 N–H and O–H groups in total. The Morgan fingerprint density at radius 2 is 2.26 bits per heavy atom. The van der Waals surface area contributed by atoms with Crippen molar-refractivity contribution >= 4 is 15.7 Å². The predicted octanol–water partition coefficient (Wildman–Crippen LogP) is 0.561. The molecule has 1 amide bonds. The largest absolute Gasteiger partial charge is 0.352 e. The molecule has 23 heavy (non-hydrogen) atoms. The SMILES string of the molecule is CCC[C@@H]1CN(Cc2cnc[nH]2)C[C@H]1NC(=O)CCS(C)(=O)=O. The van der Waals surface area contributed by atoms with Gasteiger partial charge < -0.3 is 10.3 Å². The number of likely N-dealkylation sites (tertiary alicyclic amines) is 1. The lowest BCUT2D eigenvalue weighted by Crippen LogP contribution is -2.41. The first-order valence-corrected chi connectivity index (χ1v) is 10.1. The molecule has 1 aromatic heterocycles. The van der Waals surface area contributed by atoms with Crippen molar-refractivity contribution < 1.29 is 13.2 Å². The summed E-state index contributed by atoms with van der Waals surface area (Å²) in [4.78, 5) is 21.4. The monoisotopic (exact) mass is 342 g/mol. The van der Waals surface area contributed by atoms with Gasteiger partial charge in [-0.15, -0.1) is 0 Å². The molecule has 0 radical (unpaired) electrons. The van der Waals surface area contributed by atoms with Gasteiger partial charge in [0.2, 0.25) is 5.91 Å². The standard InChI is InChI=1S/C15H26N4O3S/c1-3-4-12-8-19(9-13-7-16-11-17-13)10-14(12)18-15(20)5-6-23(2,21)22/h7,11-12,14H,3-6,8-10H2,1-2H3,(H,16,17)(H,18,20)/t12-,14-/m1/s1. The quantitative estimate of drug-likeness (QED) is 0.720. The molecule has 130 valence electrons. The first-order chi connectivity index (χ1) is 10.9. The maximum absolute atomic E-state index is 12.0. The molecule has 1 fully saturated rings. The fourth-order valence-electron chi connectivity index (χ4n) is 3.09. The topological polar surface area (TPSA) is 95.2 Å². The highest BCUT2D eigenvalue weighted by molar-refractivity contribution is 7.90. The molecule has 0 saturated carbocycles. The zero-order chi connectivity index (χ0) is 16.9. The average molecular weight is 342 g/mol. The lowest BCUT2D eigenvalue weighted by atomic mass is 9.98. The van der Waals surface area contributed by atoms with Crippen LogP contribution in [0.25, 0.3) is 0 Å². The average Bonchev–Trinajstić information content (AvgIpc) is 3.08. The van der Waals surface area contributed by atoms with Gasteiger partial charge in [-0.25, -0.2) is 13.4 Å². The van der Waals surface area contributed by atoms with Crippen LogP contribution in [0.3, 0.4) is 0 Å². The second kappa shape index (κ2) is 7.92. The number of aromatic amines is 1. The molecule has 0 spiro atoms. The van der Waals surface area contributed by atoms with Crippen LogP contribution in [0.1, 0.15) is 31.9 Å². The molecular formula is C15H26N4O3S. The third-order valence-corrected chi connectivity index (χ3v) is 5.12. The van der Waals surface area contributed by atoms with Gasteiger partial charge in [-0.2, -0.15) is 0 Å². The molecule has 7 nitrogen and oxygen atoms in total. The third-order valence-electron chi connectivity index (χ3n) is 4.17.